The van der Waals surface area contributed by atoms with Crippen LogP contribution in [-0.2, 0) is 5.54 Å². The number of fused-ring (bicyclic) bond motifs is 1. The topological polar surface area (TPSA) is 93.0 Å². The standard InChI is InChI=1S/C24H26N6O2/c1-24(2,3)30-20(27-23-25-11-6-12-26-23)14-19(28-30)15-9-10-16(13-15)29-21(31)17-7-4-5-8-18(17)22(29)32/h4-8,11-12,14-16H,9-10,13H2,1-3H3,(H,25,26,27)/t15-,16+/m1/s1. The molecule has 8 nitrogen and oxygen atoms in total. The molecule has 3 heterocycles. The van der Waals surface area contributed by atoms with Crippen molar-refractivity contribution >= 4 is 23.6 Å². The molecule has 1 N–H and O–H groups in total. The van der Waals surface area contributed by atoms with Gasteiger partial charge in [-0.3, -0.25) is 14.5 Å². The quantitative estimate of drug-likeness (QED) is 0.627. The fraction of sp³-hybridized carbons (Fsp3) is 0.375. The van der Waals surface area contributed by atoms with E-state index in [1.807, 2.05) is 10.7 Å². The van der Waals surface area contributed by atoms with Crippen LogP contribution in [0.2, 0.25) is 0 Å². The summed E-state index contributed by atoms with van der Waals surface area (Å²) in [6.07, 6.45) is 5.76. The zero-order valence-corrected chi connectivity index (χ0v) is 18.4. The molecule has 2 atom stereocenters. The van der Waals surface area contributed by atoms with Gasteiger partial charge in [0, 0.05) is 30.4 Å². The highest BCUT2D eigenvalue weighted by molar-refractivity contribution is 6.21. The number of nitrogens with one attached hydrogen (secondary N) is 1. The summed E-state index contributed by atoms with van der Waals surface area (Å²) in [6.45, 7) is 6.28. The molecule has 0 radical (unpaired) electrons. The number of nitrogens with zero attached hydrogens (tertiary/aromatic N) is 5. The van der Waals surface area contributed by atoms with Crippen molar-refractivity contribution in [3.63, 3.8) is 0 Å². The third-order valence-electron chi connectivity index (χ3n) is 6.18. The normalized spacial score (nSPS) is 20.7. The number of carbonyl (C=O) groups excluding carboxylic acids is 2. The number of benzene rings is 1. The van der Waals surface area contributed by atoms with Crippen LogP contribution in [0.15, 0.2) is 48.8 Å². The van der Waals surface area contributed by atoms with E-state index >= 15 is 0 Å². The first-order valence-electron chi connectivity index (χ1n) is 10.9. The predicted octanol–water partition coefficient (Wildman–Crippen LogP) is 4.10. The predicted molar refractivity (Wildman–Crippen MR) is 120 cm³/mol. The van der Waals surface area contributed by atoms with Crippen LogP contribution >= 0.6 is 0 Å². The molecule has 3 aromatic rings. The van der Waals surface area contributed by atoms with E-state index in [9.17, 15) is 9.59 Å². The van der Waals surface area contributed by atoms with Gasteiger partial charge < -0.3 is 5.32 Å². The number of carbonyl (C=O) groups is 2. The van der Waals surface area contributed by atoms with Gasteiger partial charge in [-0.1, -0.05) is 12.1 Å². The maximum absolute atomic E-state index is 12.9. The maximum Gasteiger partial charge on any atom is 0.261 e. The Kier molecular flexibility index (Phi) is 4.80. The van der Waals surface area contributed by atoms with Crippen LogP contribution in [0.5, 0.6) is 0 Å². The van der Waals surface area contributed by atoms with Gasteiger partial charge in [0.05, 0.1) is 22.4 Å². The van der Waals surface area contributed by atoms with E-state index in [1.165, 1.54) is 4.90 Å². The molecule has 1 aromatic carbocycles. The lowest BCUT2D eigenvalue weighted by Crippen LogP contribution is -2.38. The minimum Gasteiger partial charge on any atom is -0.309 e. The second-order valence-corrected chi connectivity index (χ2v) is 9.42. The Hall–Kier alpha value is -3.55. The number of amides is 2. The summed E-state index contributed by atoms with van der Waals surface area (Å²) >= 11 is 0. The molecular formula is C24H26N6O2. The lowest BCUT2D eigenvalue weighted by Gasteiger charge is -2.22. The largest absolute Gasteiger partial charge is 0.309 e. The van der Waals surface area contributed by atoms with Crippen LogP contribution in [0.4, 0.5) is 11.8 Å². The molecule has 0 unspecified atom stereocenters. The molecule has 1 fully saturated rings. The van der Waals surface area contributed by atoms with E-state index in [1.54, 1.807) is 42.7 Å². The van der Waals surface area contributed by atoms with E-state index in [0.29, 0.717) is 23.5 Å². The smallest absolute Gasteiger partial charge is 0.261 e. The average molecular weight is 431 g/mol. The number of anilines is 2. The first kappa shape index (κ1) is 20.4. The molecule has 1 aliphatic heterocycles. The Morgan fingerprint density at radius 3 is 2.25 bits per heavy atom. The van der Waals surface area contributed by atoms with Crippen LogP contribution < -0.4 is 5.32 Å². The fourth-order valence-corrected chi connectivity index (χ4v) is 4.68. The van der Waals surface area contributed by atoms with Crippen LogP contribution in [-0.4, -0.2) is 42.5 Å². The highest BCUT2D eigenvalue weighted by atomic mass is 16.2. The van der Waals surface area contributed by atoms with Gasteiger partial charge in [0.2, 0.25) is 5.95 Å². The lowest BCUT2D eigenvalue weighted by molar-refractivity contribution is 0.0586. The first-order chi connectivity index (χ1) is 15.3. The maximum atomic E-state index is 12.9. The molecule has 1 saturated carbocycles. The Morgan fingerprint density at radius 1 is 0.969 bits per heavy atom. The van der Waals surface area contributed by atoms with E-state index in [0.717, 1.165) is 24.4 Å². The Balaban J connectivity index is 1.39. The zero-order valence-electron chi connectivity index (χ0n) is 18.4. The van der Waals surface area contributed by atoms with E-state index in [4.69, 9.17) is 5.10 Å². The number of aromatic nitrogens is 4. The molecule has 5 rings (SSSR count). The number of imide groups is 1. The lowest BCUT2D eigenvalue weighted by atomic mass is 10.0. The molecule has 0 saturated heterocycles. The van der Waals surface area contributed by atoms with Crippen molar-refractivity contribution in [2.75, 3.05) is 5.32 Å². The van der Waals surface area contributed by atoms with E-state index < -0.39 is 0 Å². The van der Waals surface area contributed by atoms with Crippen LogP contribution in [0.3, 0.4) is 0 Å². The zero-order chi connectivity index (χ0) is 22.5. The SMILES string of the molecule is CC(C)(C)n1nc([C@@H]2CC[C@H](N3C(=O)c4ccccc4C3=O)C2)cc1Nc1ncccn1. The summed E-state index contributed by atoms with van der Waals surface area (Å²) in [5.41, 5.74) is 1.73. The molecule has 2 aromatic heterocycles. The molecule has 2 amide bonds. The second-order valence-electron chi connectivity index (χ2n) is 9.42. The Bertz CT molecular complexity index is 1150. The van der Waals surface area contributed by atoms with Crippen molar-refractivity contribution in [2.24, 2.45) is 0 Å². The third-order valence-corrected chi connectivity index (χ3v) is 6.18. The van der Waals surface area contributed by atoms with Crippen molar-refractivity contribution in [3.8, 4) is 0 Å². The van der Waals surface area contributed by atoms with Crippen molar-refractivity contribution in [2.45, 2.75) is 57.5 Å². The summed E-state index contributed by atoms with van der Waals surface area (Å²) in [5.74, 6) is 1.15. The fourth-order valence-electron chi connectivity index (χ4n) is 4.68. The van der Waals surface area contributed by atoms with Gasteiger partial charge in [0.1, 0.15) is 5.82 Å². The molecule has 1 aliphatic carbocycles. The van der Waals surface area contributed by atoms with Crippen LogP contribution in [0, 0.1) is 0 Å². The first-order valence-corrected chi connectivity index (χ1v) is 10.9. The van der Waals surface area contributed by atoms with Crippen molar-refractivity contribution in [3.05, 3.63) is 65.6 Å². The van der Waals surface area contributed by atoms with Crippen LogP contribution in [0.1, 0.15) is 72.4 Å². The van der Waals surface area contributed by atoms with Gasteiger partial charge >= 0.3 is 0 Å². The molecule has 2 aliphatic rings. The summed E-state index contributed by atoms with van der Waals surface area (Å²) in [4.78, 5) is 35.8. The van der Waals surface area contributed by atoms with Gasteiger partial charge in [0.25, 0.3) is 11.8 Å². The molecule has 0 spiro atoms. The van der Waals surface area contributed by atoms with Gasteiger partial charge in [-0.05, 0) is 58.2 Å². The third kappa shape index (κ3) is 3.45. The van der Waals surface area contributed by atoms with Crippen molar-refractivity contribution in [1.29, 1.82) is 0 Å². The minimum absolute atomic E-state index is 0.110. The summed E-state index contributed by atoms with van der Waals surface area (Å²) in [6, 6.07) is 10.8. The molecule has 0 bridgehead atoms. The highest BCUT2D eigenvalue weighted by Gasteiger charge is 2.43. The summed E-state index contributed by atoms with van der Waals surface area (Å²) in [7, 11) is 0. The molecular weight excluding hydrogens is 404 g/mol. The monoisotopic (exact) mass is 430 g/mol. The van der Waals surface area contributed by atoms with Gasteiger partial charge in [0.15, 0.2) is 0 Å². The highest BCUT2D eigenvalue weighted by Crippen LogP contribution is 2.40. The average Bonchev–Trinajstić information content (AvgIpc) is 3.46. The van der Waals surface area contributed by atoms with Gasteiger partial charge in [-0.15, -0.1) is 0 Å². The van der Waals surface area contributed by atoms with Crippen molar-refractivity contribution < 1.29 is 9.59 Å². The Labute approximate surface area is 186 Å². The summed E-state index contributed by atoms with van der Waals surface area (Å²) < 4.78 is 1.95. The number of hydrogen-bond donors (Lipinski definition) is 1. The minimum atomic E-state index is -0.240. The molecule has 32 heavy (non-hydrogen) atoms. The Morgan fingerprint density at radius 2 is 1.62 bits per heavy atom. The van der Waals surface area contributed by atoms with Crippen LogP contribution in [0.25, 0.3) is 0 Å². The van der Waals surface area contributed by atoms with Gasteiger partial charge in [-0.25, -0.2) is 14.6 Å². The van der Waals surface area contributed by atoms with E-state index in [-0.39, 0.29) is 29.3 Å². The second kappa shape index (κ2) is 7.55. The summed E-state index contributed by atoms with van der Waals surface area (Å²) in [5, 5.41) is 8.18. The molecule has 164 valence electrons. The number of rotatable bonds is 4. The number of hydrogen-bond acceptors (Lipinski definition) is 6. The van der Waals surface area contributed by atoms with E-state index in [2.05, 4.69) is 36.1 Å². The van der Waals surface area contributed by atoms with Gasteiger partial charge in [-0.2, -0.15) is 5.10 Å². The van der Waals surface area contributed by atoms with Crippen molar-refractivity contribution in [1.82, 2.24) is 24.6 Å². The molecule has 8 heteroatoms.